The van der Waals surface area contributed by atoms with Gasteiger partial charge in [-0.2, -0.15) is 0 Å². The largest absolute Gasteiger partial charge is 0.0683 e. The molecule has 0 aliphatic rings. The van der Waals surface area contributed by atoms with Crippen molar-refractivity contribution in [1.82, 2.24) is 0 Å². The molecule has 0 radical (unpaired) electrons. The zero-order chi connectivity index (χ0) is 27.8. The third-order valence-electron chi connectivity index (χ3n) is 5.84. The fourth-order valence-electron chi connectivity index (χ4n) is 2.11. The summed E-state index contributed by atoms with van der Waals surface area (Å²) in [5.41, 5.74) is 3.27. The first-order valence-electron chi connectivity index (χ1n) is 14.3. The highest BCUT2D eigenvalue weighted by Crippen LogP contribution is 2.28. The maximum atomic E-state index is 2.35. The van der Waals surface area contributed by atoms with Crippen molar-refractivity contribution >= 4 is 0 Å². The van der Waals surface area contributed by atoms with Crippen LogP contribution in [0.5, 0.6) is 0 Å². The first-order valence-corrected chi connectivity index (χ1v) is 14.3. The van der Waals surface area contributed by atoms with Crippen LogP contribution in [-0.2, 0) is 0 Å². The zero-order valence-electron chi connectivity index (χ0n) is 26.4. The molecule has 0 N–H and O–H groups in total. The van der Waals surface area contributed by atoms with Crippen LogP contribution < -0.4 is 0 Å². The molecular formula is C34H66. The van der Waals surface area contributed by atoms with Crippen LogP contribution in [0, 0.1) is 25.2 Å². The number of hydrogen-bond donors (Lipinski definition) is 0. The lowest BCUT2D eigenvalue weighted by Gasteiger charge is -2.23. The van der Waals surface area contributed by atoms with Gasteiger partial charge in [0.25, 0.3) is 0 Å². The van der Waals surface area contributed by atoms with Gasteiger partial charge in [-0.05, 0) is 25.2 Å². The van der Waals surface area contributed by atoms with Gasteiger partial charge >= 0.3 is 0 Å². The highest BCUT2D eigenvalue weighted by atomic mass is 14.2. The lowest BCUT2D eigenvalue weighted by Crippen LogP contribution is -2.10. The van der Waals surface area contributed by atoms with Gasteiger partial charge < -0.3 is 0 Å². The predicted molar refractivity (Wildman–Crippen MR) is 165 cm³/mol. The van der Waals surface area contributed by atoms with Crippen molar-refractivity contribution in [1.29, 1.82) is 0 Å². The molecule has 0 fully saturated rings. The van der Waals surface area contributed by atoms with Crippen LogP contribution in [0.3, 0.4) is 0 Å². The van der Waals surface area contributed by atoms with Crippen LogP contribution in [0.15, 0.2) is 60.7 Å². The highest BCUT2D eigenvalue weighted by Gasteiger charge is 2.15. The second-order valence-corrected chi connectivity index (χ2v) is 8.10. The second kappa shape index (κ2) is 36.0. The Balaban J connectivity index is -0.000000102. The monoisotopic (exact) mass is 475 g/mol. The van der Waals surface area contributed by atoms with Gasteiger partial charge in [-0.3, -0.25) is 0 Å². The molecule has 0 aliphatic carbocycles. The van der Waals surface area contributed by atoms with Crippen LogP contribution in [0.25, 0.3) is 0 Å². The van der Waals surface area contributed by atoms with Crippen molar-refractivity contribution in [3.8, 4) is 0 Å². The van der Waals surface area contributed by atoms with E-state index in [0.717, 1.165) is 5.92 Å². The van der Waals surface area contributed by atoms with Gasteiger partial charge in [-0.25, -0.2) is 0 Å². The average Bonchev–Trinajstić information content (AvgIpc) is 2.93. The number of benzene rings is 2. The molecule has 0 aromatic heterocycles. The molecule has 2 rings (SSSR count). The first kappa shape index (κ1) is 42.6. The van der Waals surface area contributed by atoms with Gasteiger partial charge in [0.1, 0.15) is 0 Å². The summed E-state index contributed by atoms with van der Waals surface area (Å²) in [7, 11) is 0. The Morgan fingerprint density at radius 2 is 0.765 bits per heavy atom. The quantitative estimate of drug-likeness (QED) is 0.404. The molecule has 0 nitrogen and oxygen atoms in total. The molecule has 0 amide bonds. The number of aryl methyl sites for hydroxylation is 2. The van der Waals surface area contributed by atoms with Crippen LogP contribution in [0.4, 0.5) is 0 Å². The topological polar surface area (TPSA) is 0 Å². The van der Waals surface area contributed by atoms with Crippen LogP contribution in [-0.4, -0.2) is 0 Å². The van der Waals surface area contributed by atoms with Crippen molar-refractivity contribution in [3.63, 3.8) is 0 Å². The van der Waals surface area contributed by atoms with Crippen molar-refractivity contribution in [3.05, 3.63) is 71.8 Å². The molecule has 0 heterocycles. The Hall–Kier alpha value is -1.56. The average molecular weight is 475 g/mol. The van der Waals surface area contributed by atoms with Crippen molar-refractivity contribution in [2.45, 2.75) is 136 Å². The van der Waals surface area contributed by atoms with E-state index in [1.807, 2.05) is 77.9 Å². The summed E-state index contributed by atoms with van der Waals surface area (Å²) in [6.07, 6.45) is 6.62. The maximum Gasteiger partial charge on any atom is -0.0334 e. The van der Waals surface area contributed by atoms with Crippen molar-refractivity contribution < 1.29 is 0 Å². The third-order valence-corrected chi connectivity index (χ3v) is 5.84. The summed E-state index contributed by atoms with van der Waals surface area (Å²) in [6, 6.07) is 20.5. The van der Waals surface area contributed by atoms with Crippen LogP contribution in [0.1, 0.15) is 133 Å². The van der Waals surface area contributed by atoms with E-state index in [1.165, 1.54) is 43.2 Å². The van der Waals surface area contributed by atoms with E-state index in [9.17, 15) is 0 Å². The molecule has 0 saturated heterocycles. The fraction of sp³-hybridized carbons (Fsp3) is 0.647. The molecule has 0 aliphatic heterocycles. The molecule has 0 saturated carbocycles. The Labute approximate surface area is 219 Å². The SMILES string of the molecule is CC.CC.CC.CCC(C)(CC)CC.CCC(C)CC.Cc1ccccc1.Cc1ccccc1. The molecule has 2 aromatic rings. The minimum atomic E-state index is 0.625. The molecule has 0 spiro atoms. The molecule has 2 aromatic carbocycles. The van der Waals surface area contributed by atoms with E-state index in [1.54, 1.807) is 0 Å². The molecule has 0 unspecified atom stereocenters. The van der Waals surface area contributed by atoms with Gasteiger partial charge in [0.05, 0.1) is 0 Å². The Morgan fingerprint density at radius 1 is 0.529 bits per heavy atom. The molecule has 0 bridgehead atoms. The van der Waals surface area contributed by atoms with Crippen LogP contribution >= 0.6 is 0 Å². The lowest BCUT2D eigenvalue weighted by atomic mass is 9.82. The van der Waals surface area contributed by atoms with Crippen molar-refractivity contribution in [2.24, 2.45) is 11.3 Å². The van der Waals surface area contributed by atoms with Crippen molar-refractivity contribution in [2.75, 3.05) is 0 Å². The fourth-order valence-corrected chi connectivity index (χ4v) is 2.11. The second-order valence-electron chi connectivity index (χ2n) is 8.10. The number of hydrogen-bond acceptors (Lipinski definition) is 0. The summed E-state index contributed by atoms with van der Waals surface area (Å²) in [6.45, 7) is 32.1. The van der Waals surface area contributed by atoms with E-state index in [-0.39, 0.29) is 0 Å². The standard InChI is InChI=1S/C8H18.2C7H8.C6H14.3C2H6/c1-5-8(4,6-2)7-3;2*1-7-5-3-2-4-6-7;1-4-6(3)5-2;3*1-2/h5-7H2,1-4H3;2*2-6H,1H3;6H,4-5H2,1-3H3;3*1-2H3. The summed E-state index contributed by atoms with van der Waals surface area (Å²) >= 11 is 0. The first-order chi connectivity index (χ1) is 16.3. The van der Waals surface area contributed by atoms with Gasteiger partial charge in [0, 0.05) is 0 Å². The normalized spacial score (nSPS) is 8.71. The minimum absolute atomic E-state index is 0.625. The third kappa shape index (κ3) is 35.0. The highest BCUT2D eigenvalue weighted by molar-refractivity contribution is 5.12. The molecule has 34 heavy (non-hydrogen) atoms. The van der Waals surface area contributed by atoms with Gasteiger partial charge in [-0.15, -0.1) is 0 Å². The van der Waals surface area contributed by atoms with E-state index in [2.05, 4.69) is 86.6 Å². The summed E-state index contributed by atoms with van der Waals surface area (Å²) < 4.78 is 0. The summed E-state index contributed by atoms with van der Waals surface area (Å²) in [5.74, 6) is 0.935. The zero-order valence-corrected chi connectivity index (χ0v) is 26.4. The maximum absolute atomic E-state index is 2.35. The Kier molecular flexibility index (Phi) is 45.1. The minimum Gasteiger partial charge on any atom is -0.0683 e. The lowest BCUT2D eigenvalue weighted by molar-refractivity contribution is 0.286. The van der Waals surface area contributed by atoms with E-state index >= 15 is 0 Å². The Bertz CT molecular complexity index is 473. The molecule has 0 atom stereocenters. The molecular weight excluding hydrogens is 408 g/mol. The van der Waals surface area contributed by atoms with E-state index in [4.69, 9.17) is 0 Å². The Morgan fingerprint density at radius 3 is 0.824 bits per heavy atom. The molecule has 0 heteroatoms. The number of rotatable bonds is 5. The predicted octanol–water partition coefficient (Wildman–Crippen LogP) is 12.7. The van der Waals surface area contributed by atoms with Crippen LogP contribution in [0.2, 0.25) is 0 Å². The van der Waals surface area contributed by atoms with Gasteiger partial charge in [0.15, 0.2) is 0 Å². The summed E-state index contributed by atoms with van der Waals surface area (Å²) in [4.78, 5) is 0. The molecule has 202 valence electrons. The summed E-state index contributed by atoms with van der Waals surface area (Å²) in [5, 5.41) is 0. The van der Waals surface area contributed by atoms with E-state index in [0.29, 0.717) is 5.41 Å². The van der Waals surface area contributed by atoms with E-state index < -0.39 is 0 Å². The van der Waals surface area contributed by atoms with Gasteiger partial charge in [0.2, 0.25) is 0 Å². The smallest absolute Gasteiger partial charge is 0.0334 e. The van der Waals surface area contributed by atoms with Gasteiger partial charge in [-0.1, -0.05) is 194 Å².